The van der Waals surface area contributed by atoms with E-state index in [1.807, 2.05) is 72.8 Å². The molecule has 0 aliphatic carbocycles. The van der Waals surface area contributed by atoms with E-state index in [4.69, 9.17) is 27.6 Å². The number of benzene rings is 3. The van der Waals surface area contributed by atoms with Crippen LogP contribution in [0.5, 0.6) is 0 Å². The molecule has 0 bridgehead atoms. The van der Waals surface area contributed by atoms with Gasteiger partial charge < -0.3 is 4.42 Å². The van der Waals surface area contributed by atoms with Crippen molar-refractivity contribution in [2.24, 2.45) is 0 Å². The zero-order valence-corrected chi connectivity index (χ0v) is 20.8. The van der Waals surface area contributed by atoms with Crippen molar-refractivity contribution >= 4 is 69.2 Å². The van der Waals surface area contributed by atoms with Gasteiger partial charge in [0.1, 0.15) is 11.5 Å². The van der Waals surface area contributed by atoms with E-state index in [0.29, 0.717) is 32.7 Å². The van der Waals surface area contributed by atoms with Crippen molar-refractivity contribution in [3.8, 4) is 11.3 Å². The van der Waals surface area contributed by atoms with E-state index in [0.717, 1.165) is 20.5 Å². The SMILES string of the molecule is O=C1C(=Cc2ccc(-c3cc(Cl)ccc3Cl)o2)C=C(c2ccccc2)N1c1cccc(I)c1. The normalized spacial score (nSPS) is 14.8. The molecule has 1 aliphatic rings. The Balaban J connectivity index is 1.56. The summed E-state index contributed by atoms with van der Waals surface area (Å²) < 4.78 is 7.05. The standard InChI is InChI=1S/C27H16Cl2INO2/c28-19-9-11-24(29)23(15-19)26-12-10-22(33-26)13-18-14-25(17-5-2-1-3-6-17)31(27(18)32)21-8-4-7-20(30)16-21/h1-16H. The molecule has 5 rings (SSSR count). The van der Waals surface area contributed by atoms with Gasteiger partial charge in [0, 0.05) is 19.7 Å². The molecule has 1 amide bonds. The Morgan fingerprint density at radius 2 is 1.70 bits per heavy atom. The lowest BCUT2D eigenvalue weighted by atomic mass is 10.1. The fraction of sp³-hybridized carbons (Fsp3) is 0. The fourth-order valence-electron chi connectivity index (χ4n) is 3.72. The largest absolute Gasteiger partial charge is 0.457 e. The second-order valence-corrected chi connectivity index (χ2v) is 9.53. The van der Waals surface area contributed by atoms with Gasteiger partial charge in [0.15, 0.2) is 0 Å². The summed E-state index contributed by atoms with van der Waals surface area (Å²) in [7, 11) is 0. The van der Waals surface area contributed by atoms with Gasteiger partial charge in [-0.1, -0.05) is 59.6 Å². The molecule has 6 heteroatoms. The van der Waals surface area contributed by atoms with E-state index in [-0.39, 0.29) is 5.91 Å². The van der Waals surface area contributed by atoms with Gasteiger partial charge in [-0.3, -0.25) is 9.69 Å². The Morgan fingerprint density at radius 1 is 0.879 bits per heavy atom. The average molecular weight is 584 g/mol. The molecule has 0 saturated heterocycles. The van der Waals surface area contributed by atoms with Gasteiger partial charge in [0.25, 0.3) is 5.91 Å². The lowest BCUT2D eigenvalue weighted by Crippen LogP contribution is -2.25. The van der Waals surface area contributed by atoms with Gasteiger partial charge in [0.05, 0.1) is 16.4 Å². The zero-order valence-electron chi connectivity index (χ0n) is 17.1. The van der Waals surface area contributed by atoms with Crippen LogP contribution in [0.1, 0.15) is 11.3 Å². The molecule has 0 spiro atoms. The summed E-state index contributed by atoms with van der Waals surface area (Å²) in [6.45, 7) is 0. The van der Waals surface area contributed by atoms with E-state index in [1.54, 1.807) is 29.2 Å². The summed E-state index contributed by atoms with van der Waals surface area (Å²) in [5.41, 5.74) is 3.83. The van der Waals surface area contributed by atoms with Crippen LogP contribution in [-0.2, 0) is 4.79 Å². The first-order chi connectivity index (χ1) is 16.0. The van der Waals surface area contributed by atoms with Crippen LogP contribution in [0.3, 0.4) is 0 Å². The highest BCUT2D eigenvalue weighted by Crippen LogP contribution is 2.37. The second kappa shape index (κ2) is 9.21. The third-order valence-corrected chi connectivity index (χ3v) is 6.47. The second-order valence-electron chi connectivity index (χ2n) is 7.44. The minimum absolute atomic E-state index is 0.116. The number of halogens is 3. The summed E-state index contributed by atoms with van der Waals surface area (Å²) in [4.78, 5) is 15.2. The summed E-state index contributed by atoms with van der Waals surface area (Å²) in [6.07, 6.45) is 3.65. The van der Waals surface area contributed by atoms with Crippen molar-refractivity contribution in [3.63, 3.8) is 0 Å². The first-order valence-corrected chi connectivity index (χ1v) is 12.0. The molecule has 1 aliphatic heterocycles. The number of furan rings is 1. The predicted molar refractivity (Wildman–Crippen MR) is 143 cm³/mol. The highest BCUT2D eigenvalue weighted by atomic mass is 127. The molecule has 4 aromatic rings. The van der Waals surface area contributed by atoms with E-state index >= 15 is 0 Å². The topological polar surface area (TPSA) is 33.5 Å². The monoisotopic (exact) mass is 583 g/mol. The molecular formula is C27H16Cl2INO2. The highest BCUT2D eigenvalue weighted by molar-refractivity contribution is 14.1. The zero-order chi connectivity index (χ0) is 22.9. The molecule has 0 N–H and O–H groups in total. The van der Waals surface area contributed by atoms with Crippen LogP contribution in [0.15, 0.2) is 101 Å². The maximum atomic E-state index is 13.5. The van der Waals surface area contributed by atoms with E-state index < -0.39 is 0 Å². The smallest absolute Gasteiger partial charge is 0.263 e. The summed E-state index contributed by atoms with van der Waals surface area (Å²) in [5, 5.41) is 1.11. The minimum Gasteiger partial charge on any atom is -0.457 e. The predicted octanol–water partition coefficient (Wildman–Crippen LogP) is 8.33. The first-order valence-electron chi connectivity index (χ1n) is 10.1. The fourth-order valence-corrected chi connectivity index (χ4v) is 4.63. The van der Waals surface area contributed by atoms with Gasteiger partial charge in [0.2, 0.25) is 0 Å². The van der Waals surface area contributed by atoms with Gasteiger partial charge in [-0.05, 0) is 88.8 Å². The van der Waals surface area contributed by atoms with Crippen LogP contribution in [-0.4, -0.2) is 5.91 Å². The molecule has 0 fully saturated rings. The molecule has 3 nitrogen and oxygen atoms in total. The number of amides is 1. The summed E-state index contributed by atoms with van der Waals surface area (Å²) in [5.74, 6) is 1.02. The maximum absolute atomic E-state index is 13.5. The summed E-state index contributed by atoms with van der Waals surface area (Å²) >= 11 is 14.7. The quantitative estimate of drug-likeness (QED) is 0.179. The van der Waals surface area contributed by atoms with E-state index in [1.165, 1.54) is 0 Å². The van der Waals surface area contributed by atoms with Crippen LogP contribution < -0.4 is 4.90 Å². The molecule has 0 unspecified atom stereocenters. The number of carbonyl (C=O) groups excluding carboxylic acids is 1. The third kappa shape index (κ3) is 4.51. The molecule has 3 aromatic carbocycles. The molecule has 33 heavy (non-hydrogen) atoms. The average Bonchev–Trinajstić information content (AvgIpc) is 3.41. The Hall–Kier alpha value is -2.80. The highest BCUT2D eigenvalue weighted by Gasteiger charge is 2.30. The van der Waals surface area contributed by atoms with Crippen molar-refractivity contribution in [2.75, 3.05) is 4.90 Å². The lowest BCUT2D eigenvalue weighted by Gasteiger charge is -2.21. The molecule has 1 aromatic heterocycles. The third-order valence-electron chi connectivity index (χ3n) is 5.24. The number of carbonyl (C=O) groups is 1. The van der Waals surface area contributed by atoms with Gasteiger partial charge in [-0.15, -0.1) is 0 Å². The van der Waals surface area contributed by atoms with Gasteiger partial charge in [-0.25, -0.2) is 0 Å². The molecule has 162 valence electrons. The number of hydrogen-bond donors (Lipinski definition) is 0. The van der Waals surface area contributed by atoms with E-state index in [2.05, 4.69) is 22.6 Å². The van der Waals surface area contributed by atoms with Crippen LogP contribution >= 0.6 is 45.8 Å². The molecular weight excluding hydrogens is 568 g/mol. The Kier molecular flexibility index (Phi) is 6.15. The van der Waals surface area contributed by atoms with Crippen molar-refractivity contribution in [3.05, 3.63) is 122 Å². The van der Waals surface area contributed by atoms with Crippen LogP contribution in [0.25, 0.3) is 23.1 Å². The Labute approximate surface area is 215 Å². The van der Waals surface area contributed by atoms with Crippen LogP contribution in [0.4, 0.5) is 5.69 Å². The molecule has 2 heterocycles. The number of nitrogens with zero attached hydrogens (tertiary/aromatic N) is 1. The van der Waals surface area contributed by atoms with E-state index in [9.17, 15) is 4.79 Å². The number of hydrogen-bond acceptors (Lipinski definition) is 2. The maximum Gasteiger partial charge on any atom is 0.263 e. The van der Waals surface area contributed by atoms with Crippen molar-refractivity contribution < 1.29 is 9.21 Å². The minimum atomic E-state index is -0.116. The van der Waals surface area contributed by atoms with Gasteiger partial charge in [-0.2, -0.15) is 0 Å². The molecule has 0 saturated carbocycles. The number of anilines is 1. The lowest BCUT2D eigenvalue weighted by molar-refractivity contribution is -0.113. The van der Waals surface area contributed by atoms with Crippen molar-refractivity contribution in [1.82, 2.24) is 0 Å². The Bertz CT molecular complexity index is 1420. The Morgan fingerprint density at radius 3 is 2.48 bits per heavy atom. The molecule has 0 atom stereocenters. The van der Waals surface area contributed by atoms with Crippen molar-refractivity contribution in [1.29, 1.82) is 0 Å². The summed E-state index contributed by atoms with van der Waals surface area (Å²) in [6, 6.07) is 26.6. The van der Waals surface area contributed by atoms with Crippen LogP contribution in [0.2, 0.25) is 10.0 Å². The van der Waals surface area contributed by atoms with Gasteiger partial charge >= 0.3 is 0 Å². The molecule has 0 radical (unpaired) electrons. The first kappa shape index (κ1) is 22.0. The van der Waals surface area contributed by atoms with Crippen LogP contribution in [0, 0.1) is 3.57 Å². The van der Waals surface area contributed by atoms with Crippen molar-refractivity contribution in [2.45, 2.75) is 0 Å². The number of rotatable bonds is 4.